The molecule has 1 atom stereocenters. The predicted molar refractivity (Wildman–Crippen MR) is 96.3 cm³/mol. The van der Waals surface area contributed by atoms with Crippen LogP contribution in [-0.2, 0) is 9.53 Å². The van der Waals surface area contributed by atoms with Crippen LogP contribution in [0.25, 0.3) is 11.1 Å². The summed E-state index contributed by atoms with van der Waals surface area (Å²) in [7, 11) is 1.45. The number of ether oxygens (including phenoxy) is 1. The second kappa shape index (κ2) is 7.70. The lowest BCUT2D eigenvalue weighted by Crippen LogP contribution is -2.45. The van der Waals surface area contributed by atoms with E-state index in [0.717, 1.165) is 22.3 Å². The van der Waals surface area contributed by atoms with Crippen LogP contribution in [0, 0.1) is 11.3 Å². The Hall–Kier alpha value is -3.33. The Morgan fingerprint density at radius 2 is 1.69 bits per heavy atom. The molecule has 0 radical (unpaired) electrons. The van der Waals surface area contributed by atoms with Crippen molar-refractivity contribution >= 4 is 12.0 Å². The van der Waals surface area contributed by atoms with E-state index >= 15 is 0 Å². The van der Waals surface area contributed by atoms with Gasteiger partial charge >= 0.3 is 6.09 Å². The Labute approximate surface area is 151 Å². The van der Waals surface area contributed by atoms with E-state index in [1.165, 1.54) is 7.05 Å². The molecule has 6 nitrogen and oxygen atoms in total. The van der Waals surface area contributed by atoms with Gasteiger partial charge < -0.3 is 15.4 Å². The molecule has 1 aliphatic carbocycles. The standard InChI is InChI=1S/C20H19N3O3/c1-22-19(24)18(10-11-21)23-20(25)26-12-17-15-8-4-2-6-13(15)14-7-3-5-9-16(14)17/h2-9,17-18H,10,12H2,1H3,(H,22,24)(H,23,25). The summed E-state index contributed by atoms with van der Waals surface area (Å²) in [6.07, 6.45) is -0.833. The van der Waals surface area contributed by atoms with Gasteiger partial charge in [0.05, 0.1) is 12.5 Å². The third kappa shape index (κ3) is 3.38. The number of amides is 2. The highest BCUT2D eigenvalue weighted by Gasteiger charge is 2.29. The van der Waals surface area contributed by atoms with Crippen LogP contribution in [0.5, 0.6) is 0 Å². The highest BCUT2D eigenvalue weighted by atomic mass is 16.5. The van der Waals surface area contributed by atoms with Crippen LogP contribution in [0.15, 0.2) is 48.5 Å². The van der Waals surface area contributed by atoms with E-state index < -0.39 is 18.0 Å². The van der Waals surface area contributed by atoms with Gasteiger partial charge in [-0.15, -0.1) is 0 Å². The summed E-state index contributed by atoms with van der Waals surface area (Å²) in [6, 6.07) is 17.0. The zero-order chi connectivity index (χ0) is 18.5. The second-order valence-electron chi connectivity index (χ2n) is 6.00. The van der Waals surface area contributed by atoms with Crippen molar-refractivity contribution in [2.45, 2.75) is 18.4 Å². The molecule has 0 fully saturated rings. The molecule has 0 saturated carbocycles. The van der Waals surface area contributed by atoms with Crippen LogP contribution in [0.2, 0.25) is 0 Å². The molecule has 132 valence electrons. The summed E-state index contributed by atoms with van der Waals surface area (Å²) < 4.78 is 5.37. The Balaban J connectivity index is 1.71. The predicted octanol–water partition coefficient (Wildman–Crippen LogP) is 2.55. The number of carbonyl (C=O) groups is 2. The maximum absolute atomic E-state index is 12.1. The first-order chi connectivity index (χ1) is 12.7. The fraction of sp³-hybridized carbons (Fsp3) is 0.250. The summed E-state index contributed by atoms with van der Waals surface area (Å²) in [5, 5.41) is 13.7. The Morgan fingerprint density at radius 3 is 2.23 bits per heavy atom. The van der Waals surface area contributed by atoms with Crippen molar-refractivity contribution in [2.75, 3.05) is 13.7 Å². The van der Waals surface area contributed by atoms with Crippen LogP contribution < -0.4 is 10.6 Å². The van der Waals surface area contributed by atoms with E-state index in [1.54, 1.807) is 0 Å². The van der Waals surface area contributed by atoms with Crippen molar-refractivity contribution in [3.8, 4) is 17.2 Å². The maximum Gasteiger partial charge on any atom is 0.407 e. The Morgan fingerprint density at radius 1 is 1.12 bits per heavy atom. The van der Waals surface area contributed by atoms with E-state index in [1.807, 2.05) is 42.5 Å². The van der Waals surface area contributed by atoms with Gasteiger partial charge in [0.1, 0.15) is 12.6 Å². The van der Waals surface area contributed by atoms with Gasteiger partial charge in [-0.1, -0.05) is 48.5 Å². The molecule has 0 aliphatic heterocycles. The number of fused-ring (bicyclic) bond motifs is 3. The van der Waals surface area contributed by atoms with Crippen LogP contribution >= 0.6 is 0 Å². The molecule has 0 spiro atoms. The zero-order valence-corrected chi connectivity index (χ0v) is 14.4. The zero-order valence-electron chi connectivity index (χ0n) is 14.4. The lowest BCUT2D eigenvalue weighted by Gasteiger charge is -2.17. The molecule has 2 N–H and O–H groups in total. The van der Waals surface area contributed by atoms with E-state index in [9.17, 15) is 9.59 Å². The molecule has 6 heteroatoms. The van der Waals surface area contributed by atoms with E-state index in [4.69, 9.17) is 10.00 Å². The summed E-state index contributed by atoms with van der Waals surface area (Å²) in [6.45, 7) is 0.160. The smallest absolute Gasteiger partial charge is 0.407 e. The van der Waals surface area contributed by atoms with Crippen molar-refractivity contribution in [2.24, 2.45) is 0 Å². The first kappa shape index (κ1) is 17.5. The fourth-order valence-electron chi connectivity index (χ4n) is 3.26. The summed E-state index contributed by atoms with van der Waals surface area (Å²) in [5.41, 5.74) is 4.51. The number of hydrogen-bond acceptors (Lipinski definition) is 4. The minimum absolute atomic E-state index is 0.0532. The van der Waals surface area contributed by atoms with Crippen LogP contribution in [0.4, 0.5) is 4.79 Å². The third-order valence-electron chi connectivity index (χ3n) is 4.49. The molecule has 0 aromatic heterocycles. The molecule has 0 bridgehead atoms. The van der Waals surface area contributed by atoms with Crippen molar-refractivity contribution in [1.29, 1.82) is 5.26 Å². The molecule has 1 unspecified atom stereocenters. The van der Waals surface area contributed by atoms with Crippen molar-refractivity contribution in [3.05, 3.63) is 59.7 Å². The topological polar surface area (TPSA) is 91.2 Å². The molecule has 2 amide bonds. The van der Waals surface area contributed by atoms with Crippen LogP contribution in [0.1, 0.15) is 23.5 Å². The van der Waals surface area contributed by atoms with Gasteiger partial charge in [0, 0.05) is 13.0 Å². The second-order valence-corrected chi connectivity index (χ2v) is 6.00. The SMILES string of the molecule is CNC(=O)C(CC#N)NC(=O)OCC1c2ccccc2-c2ccccc21. The summed E-state index contributed by atoms with van der Waals surface area (Å²) >= 11 is 0. The van der Waals surface area contributed by atoms with Crippen LogP contribution in [0.3, 0.4) is 0 Å². The molecular weight excluding hydrogens is 330 g/mol. The van der Waals surface area contributed by atoms with Gasteiger partial charge in [-0.3, -0.25) is 4.79 Å². The highest BCUT2D eigenvalue weighted by Crippen LogP contribution is 2.44. The van der Waals surface area contributed by atoms with Gasteiger partial charge in [-0.05, 0) is 22.3 Å². The van der Waals surface area contributed by atoms with Gasteiger partial charge in [0.25, 0.3) is 0 Å². The van der Waals surface area contributed by atoms with E-state index in [-0.39, 0.29) is 18.9 Å². The number of nitrogens with zero attached hydrogens (tertiary/aromatic N) is 1. The molecular formula is C20H19N3O3. The van der Waals surface area contributed by atoms with Gasteiger partial charge in [0.15, 0.2) is 0 Å². The summed E-state index contributed by atoms with van der Waals surface area (Å²) in [5.74, 6) is -0.484. The number of nitrogens with one attached hydrogen (secondary N) is 2. The van der Waals surface area contributed by atoms with E-state index in [2.05, 4.69) is 22.8 Å². The normalized spacial score (nSPS) is 13.1. The molecule has 3 rings (SSSR count). The average Bonchev–Trinajstić information content (AvgIpc) is 2.99. The quantitative estimate of drug-likeness (QED) is 0.868. The molecule has 26 heavy (non-hydrogen) atoms. The number of alkyl carbamates (subject to hydrolysis) is 1. The van der Waals surface area contributed by atoms with Gasteiger partial charge in [-0.25, -0.2) is 4.79 Å². The average molecular weight is 349 g/mol. The number of nitriles is 1. The van der Waals surface area contributed by atoms with Crippen LogP contribution in [-0.4, -0.2) is 31.7 Å². The number of rotatable bonds is 5. The van der Waals surface area contributed by atoms with Crippen molar-refractivity contribution in [3.63, 3.8) is 0 Å². The Kier molecular flexibility index (Phi) is 5.18. The number of hydrogen-bond donors (Lipinski definition) is 2. The van der Waals surface area contributed by atoms with Gasteiger partial charge in [0.2, 0.25) is 5.91 Å². The van der Waals surface area contributed by atoms with Gasteiger partial charge in [-0.2, -0.15) is 5.26 Å². The monoisotopic (exact) mass is 349 g/mol. The number of carbonyl (C=O) groups excluding carboxylic acids is 2. The minimum atomic E-state index is -0.930. The molecule has 1 aliphatic rings. The maximum atomic E-state index is 12.1. The summed E-state index contributed by atoms with van der Waals surface area (Å²) in [4.78, 5) is 23.8. The molecule has 2 aromatic rings. The molecule has 2 aromatic carbocycles. The molecule has 0 saturated heterocycles. The third-order valence-corrected chi connectivity index (χ3v) is 4.49. The fourth-order valence-corrected chi connectivity index (χ4v) is 3.26. The van der Waals surface area contributed by atoms with Crippen molar-refractivity contribution in [1.82, 2.24) is 10.6 Å². The van der Waals surface area contributed by atoms with Crippen molar-refractivity contribution < 1.29 is 14.3 Å². The largest absolute Gasteiger partial charge is 0.449 e. The first-order valence-electron chi connectivity index (χ1n) is 8.35. The lowest BCUT2D eigenvalue weighted by atomic mass is 9.98. The Bertz CT molecular complexity index is 827. The highest BCUT2D eigenvalue weighted by molar-refractivity contribution is 5.85. The number of benzene rings is 2. The first-order valence-corrected chi connectivity index (χ1v) is 8.35. The van der Waals surface area contributed by atoms with E-state index in [0.29, 0.717) is 0 Å². The molecule has 0 heterocycles. The lowest BCUT2D eigenvalue weighted by molar-refractivity contribution is -0.122. The minimum Gasteiger partial charge on any atom is -0.449 e. The number of likely N-dealkylation sites (N-methyl/N-ethyl adjacent to an activating group) is 1.